The van der Waals surface area contributed by atoms with E-state index in [-0.39, 0.29) is 46.7 Å². The first-order chi connectivity index (χ1) is 13.0. The maximum atomic E-state index is 6.57. The molecule has 2 aromatic carbocycles. The molecule has 0 saturated carbocycles. The van der Waals surface area contributed by atoms with Crippen LogP contribution in [0.25, 0.3) is 0 Å². The minimum absolute atomic E-state index is 0. The van der Waals surface area contributed by atoms with Crippen LogP contribution in [0.3, 0.4) is 0 Å². The maximum Gasteiger partial charge on any atom is 2.00 e. The van der Waals surface area contributed by atoms with Crippen molar-refractivity contribution in [2.75, 3.05) is 6.61 Å². The Bertz CT molecular complexity index is 935. The number of benzene rings is 2. The summed E-state index contributed by atoms with van der Waals surface area (Å²) in [5, 5.41) is 5.28. The van der Waals surface area contributed by atoms with E-state index in [0.717, 1.165) is 0 Å². The summed E-state index contributed by atoms with van der Waals surface area (Å²) in [6.45, 7) is 2.76. The smallest absolute Gasteiger partial charge is 1.00 e. The summed E-state index contributed by atoms with van der Waals surface area (Å²) in [7, 11) is 0. The van der Waals surface area contributed by atoms with E-state index in [1.165, 1.54) is 6.33 Å². The van der Waals surface area contributed by atoms with Crippen LogP contribution >= 0.6 is 23.2 Å². The van der Waals surface area contributed by atoms with Gasteiger partial charge in [0.25, 0.3) is 0 Å². The Morgan fingerprint density at radius 2 is 1.96 bits per heavy atom. The van der Waals surface area contributed by atoms with Crippen LogP contribution in [-0.2, 0) is 21.8 Å². The van der Waals surface area contributed by atoms with Crippen LogP contribution in [0.1, 0.15) is 15.3 Å². The number of ether oxygens (including phenoxy) is 3. The molecule has 144 valence electrons. The second-order valence-electron chi connectivity index (χ2n) is 6.28. The number of aromatic nitrogens is 3. The van der Waals surface area contributed by atoms with E-state index < -0.39 is 5.79 Å². The van der Waals surface area contributed by atoms with Gasteiger partial charge in [-0.15, -0.1) is 0 Å². The molecule has 1 saturated heterocycles. The zero-order valence-electron chi connectivity index (χ0n) is 17.2. The minimum Gasteiger partial charge on any atom is -1.00 e. The molecule has 3 aromatic rings. The Morgan fingerprint density at radius 3 is 2.57 bits per heavy atom. The normalized spacial score (nSPS) is 21.3. The molecule has 1 aliphatic heterocycles. The van der Waals surface area contributed by atoms with Crippen molar-refractivity contribution in [3.63, 3.8) is 0 Å². The molecule has 0 N–H and O–H groups in total. The van der Waals surface area contributed by atoms with Gasteiger partial charge >= 0.3 is 37.7 Å². The summed E-state index contributed by atoms with van der Waals surface area (Å²) in [6.07, 6.45) is 3.02. The van der Waals surface area contributed by atoms with Gasteiger partial charge in [-0.05, 0) is 49.4 Å². The van der Waals surface area contributed by atoms with Gasteiger partial charge in [-0.1, -0.05) is 23.2 Å². The molecule has 0 spiro atoms. The summed E-state index contributed by atoms with van der Waals surface area (Å²) in [5.74, 6) is 0.249. The van der Waals surface area contributed by atoms with Gasteiger partial charge in [0.15, 0.2) is 0 Å². The average molecular weight is 448 g/mol. The Kier molecular flexibility index (Phi) is 7.26. The molecule has 0 amide bonds. The fourth-order valence-corrected chi connectivity index (χ4v) is 3.43. The standard InChI is InChI=1S/C19H17Cl2N3O3.Ca.2H/c1-13-9-25-19(27-13,10-24-12-22-11-23-24)17-7-6-16(8-18(17)21)26-15-4-2-14(20)3-5-15;;;/h2-8,11-13H,9-10H2,1H3;;;/q;+2;2*-1/t13-,19-;;;/m0.../s1. The molecular formula is C19H19CaCl2N3O3. The molecule has 2 heterocycles. The average Bonchev–Trinajstić information content (AvgIpc) is 3.28. The van der Waals surface area contributed by atoms with Crippen molar-refractivity contribution in [2.24, 2.45) is 0 Å². The molecule has 1 aliphatic rings. The van der Waals surface area contributed by atoms with E-state index in [9.17, 15) is 0 Å². The molecule has 2 atom stereocenters. The third-order valence-electron chi connectivity index (χ3n) is 4.18. The van der Waals surface area contributed by atoms with Gasteiger partial charge in [-0.2, -0.15) is 5.10 Å². The summed E-state index contributed by atoms with van der Waals surface area (Å²) in [5.41, 5.74) is 0.715. The zero-order valence-corrected chi connectivity index (χ0v) is 18.9. The number of hydrogen-bond acceptors (Lipinski definition) is 5. The maximum absolute atomic E-state index is 6.57. The van der Waals surface area contributed by atoms with Gasteiger partial charge < -0.3 is 17.1 Å². The molecular weight excluding hydrogens is 429 g/mol. The van der Waals surface area contributed by atoms with Crippen LogP contribution in [0.2, 0.25) is 10.0 Å². The van der Waals surface area contributed by atoms with Crippen LogP contribution in [0.4, 0.5) is 0 Å². The fourth-order valence-electron chi connectivity index (χ4n) is 2.99. The van der Waals surface area contributed by atoms with Crippen LogP contribution < -0.4 is 4.74 Å². The fraction of sp³-hybridized carbons (Fsp3) is 0.263. The monoisotopic (exact) mass is 447 g/mol. The summed E-state index contributed by atoms with van der Waals surface area (Å²) >= 11 is 12.5. The van der Waals surface area contributed by atoms with Gasteiger partial charge in [0, 0.05) is 10.6 Å². The molecule has 9 heteroatoms. The van der Waals surface area contributed by atoms with Crippen LogP contribution in [0, 0.1) is 0 Å². The van der Waals surface area contributed by atoms with Crippen molar-refractivity contribution in [3.8, 4) is 11.5 Å². The number of nitrogens with zero attached hydrogens (tertiary/aromatic N) is 3. The van der Waals surface area contributed by atoms with Gasteiger partial charge in [0.2, 0.25) is 5.79 Å². The Labute approximate surface area is 205 Å². The van der Waals surface area contributed by atoms with E-state index in [1.54, 1.807) is 41.3 Å². The molecule has 0 aliphatic carbocycles. The molecule has 0 unspecified atom stereocenters. The van der Waals surface area contributed by atoms with E-state index in [1.807, 2.05) is 19.1 Å². The van der Waals surface area contributed by atoms with Crippen molar-refractivity contribution in [1.29, 1.82) is 0 Å². The van der Waals surface area contributed by atoms with Gasteiger partial charge in [0.05, 0.1) is 17.7 Å². The number of rotatable bonds is 5. The number of halogens is 2. The molecule has 1 aromatic heterocycles. The largest absolute Gasteiger partial charge is 2.00 e. The Balaban J connectivity index is 0.00000150. The molecule has 0 bridgehead atoms. The van der Waals surface area contributed by atoms with E-state index >= 15 is 0 Å². The van der Waals surface area contributed by atoms with Crippen LogP contribution in [0.5, 0.6) is 11.5 Å². The van der Waals surface area contributed by atoms with E-state index in [4.69, 9.17) is 37.4 Å². The second-order valence-corrected chi connectivity index (χ2v) is 7.13. The zero-order chi connectivity index (χ0) is 18.9. The van der Waals surface area contributed by atoms with Crippen molar-refractivity contribution >= 4 is 60.9 Å². The Hall–Kier alpha value is -0.860. The first-order valence-electron chi connectivity index (χ1n) is 8.42. The third-order valence-corrected chi connectivity index (χ3v) is 4.74. The molecule has 6 nitrogen and oxygen atoms in total. The molecule has 28 heavy (non-hydrogen) atoms. The van der Waals surface area contributed by atoms with Crippen molar-refractivity contribution < 1.29 is 17.1 Å². The molecule has 1 fully saturated rings. The summed E-state index contributed by atoms with van der Waals surface area (Å²) in [4.78, 5) is 3.98. The van der Waals surface area contributed by atoms with Gasteiger partial charge in [0.1, 0.15) is 30.7 Å². The number of hydrogen-bond donors (Lipinski definition) is 0. The van der Waals surface area contributed by atoms with Gasteiger partial charge in [-0.25, -0.2) is 9.67 Å². The first kappa shape index (κ1) is 21.8. The Morgan fingerprint density at radius 1 is 1.21 bits per heavy atom. The predicted octanol–water partition coefficient (Wildman–Crippen LogP) is 4.51. The second kappa shape index (κ2) is 9.30. The van der Waals surface area contributed by atoms with Crippen molar-refractivity contribution in [1.82, 2.24) is 14.8 Å². The van der Waals surface area contributed by atoms with Crippen molar-refractivity contribution in [3.05, 3.63) is 70.7 Å². The summed E-state index contributed by atoms with van der Waals surface area (Å²) in [6, 6.07) is 12.5. The molecule has 0 radical (unpaired) electrons. The third kappa shape index (κ3) is 4.82. The quantitative estimate of drug-likeness (QED) is 0.538. The minimum atomic E-state index is -1.02. The predicted molar refractivity (Wildman–Crippen MR) is 109 cm³/mol. The van der Waals surface area contributed by atoms with Crippen LogP contribution in [-0.4, -0.2) is 65.2 Å². The van der Waals surface area contributed by atoms with Crippen LogP contribution in [0.15, 0.2) is 55.1 Å². The SMILES string of the molecule is C[C@H]1CO[C@](Cn2cncn2)(c2ccc(Oc3ccc(Cl)cc3)cc2Cl)O1.[Ca+2].[H-].[H-]. The van der Waals surface area contributed by atoms with E-state index in [2.05, 4.69) is 10.1 Å². The van der Waals surface area contributed by atoms with E-state index in [0.29, 0.717) is 40.3 Å². The first-order valence-corrected chi connectivity index (χ1v) is 9.17. The molecule has 4 rings (SSSR count). The van der Waals surface area contributed by atoms with Gasteiger partial charge in [-0.3, -0.25) is 0 Å². The summed E-state index contributed by atoms with van der Waals surface area (Å²) < 4.78 is 19.6. The topological polar surface area (TPSA) is 58.4 Å². The van der Waals surface area contributed by atoms with Crippen molar-refractivity contribution in [2.45, 2.75) is 25.4 Å².